The Balaban J connectivity index is 2.40. The van der Waals surface area contributed by atoms with Crippen molar-refractivity contribution in [2.45, 2.75) is 19.8 Å². The predicted octanol–water partition coefficient (Wildman–Crippen LogP) is 0.199. The fourth-order valence-corrected chi connectivity index (χ4v) is 2.80. The van der Waals surface area contributed by atoms with Gasteiger partial charge >= 0.3 is 0 Å². The third-order valence-electron chi connectivity index (χ3n) is 2.67. The Hall–Kier alpha value is -0.170. The lowest BCUT2D eigenvalue weighted by Gasteiger charge is -2.29. The molecule has 1 aliphatic heterocycles. The Kier molecular flexibility index (Phi) is 4.98. The fraction of sp³-hybridized carbons (Fsp3) is 1.00. The molecule has 0 radical (unpaired) electrons. The van der Waals surface area contributed by atoms with Crippen LogP contribution in [0.25, 0.3) is 0 Å². The van der Waals surface area contributed by atoms with E-state index in [1.807, 2.05) is 0 Å². The third-order valence-corrected chi connectivity index (χ3v) is 4.29. The van der Waals surface area contributed by atoms with Gasteiger partial charge in [-0.15, -0.1) is 0 Å². The Morgan fingerprint density at radius 3 is 2.53 bits per heavy atom. The predicted molar refractivity (Wildman–Crippen MR) is 58.8 cm³/mol. The van der Waals surface area contributed by atoms with Crippen molar-refractivity contribution >= 4 is 10.2 Å². The molecule has 0 spiro atoms. The first-order chi connectivity index (χ1) is 7.06. The molecule has 0 aromatic carbocycles. The van der Waals surface area contributed by atoms with Crippen molar-refractivity contribution in [2.75, 3.05) is 33.4 Å². The largest absolute Gasteiger partial charge is 0.383 e. The molecule has 0 aromatic rings. The Morgan fingerprint density at radius 1 is 1.40 bits per heavy atom. The molecule has 0 saturated carbocycles. The average molecular weight is 236 g/mol. The van der Waals surface area contributed by atoms with Gasteiger partial charge in [-0.25, -0.2) is 0 Å². The van der Waals surface area contributed by atoms with E-state index < -0.39 is 10.2 Å². The summed E-state index contributed by atoms with van der Waals surface area (Å²) in [6.45, 7) is 4.16. The topological polar surface area (TPSA) is 58.6 Å². The number of ether oxygens (including phenoxy) is 1. The van der Waals surface area contributed by atoms with Crippen LogP contribution < -0.4 is 4.72 Å². The van der Waals surface area contributed by atoms with E-state index in [4.69, 9.17) is 4.74 Å². The Labute approximate surface area is 92.0 Å². The molecule has 0 aromatic heterocycles. The summed E-state index contributed by atoms with van der Waals surface area (Å²) in [4.78, 5) is 0. The summed E-state index contributed by atoms with van der Waals surface area (Å²) in [5.41, 5.74) is 0. The van der Waals surface area contributed by atoms with Crippen LogP contribution in [0.1, 0.15) is 19.8 Å². The lowest BCUT2D eigenvalue weighted by atomic mass is 10.0. The van der Waals surface area contributed by atoms with E-state index >= 15 is 0 Å². The highest BCUT2D eigenvalue weighted by Gasteiger charge is 2.25. The number of nitrogens with zero attached hydrogens (tertiary/aromatic N) is 1. The second-order valence-corrected chi connectivity index (χ2v) is 5.73. The van der Waals surface area contributed by atoms with Gasteiger partial charge in [0, 0.05) is 26.7 Å². The molecule has 0 aliphatic carbocycles. The zero-order chi connectivity index (χ0) is 11.3. The molecular formula is C9H20N2O3S. The third kappa shape index (κ3) is 4.06. The summed E-state index contributed by atoms with van der Waals surface area (Å²) in [5, 5.41) is 0. The number of rotatable bonds is 5. The number of hydrogen-bond acceptors (Lipinski definition) is 3. The van der Waals surface area contributed by atoms with Gasteiger partial charge in [-0.1, -0.05) is 6.92 Å². The zero-order valence-corrected chi connectivity index (χ0v) is 10.2. The first-order valence-corrected chi connectivity index (χ1v) is 6.74. The highest BCUT2D eigenvalue weighted by Crippen LogP contribution is 2.17. The lowest BCUT2D eigenvalue weighted by Crippen LogP contribution is -2.45. The Bertz CT molecular complexity index is 271. The average Bonchev–Trinajstić information content (AvgIpc) is 2.18. The number of hydrogen-bond donors (Lipinski definition) is 1. The van der Waals surface area contributed by atoms with Crippen LogP contribution in [-0.2, 0) is 14.9 Å². The van der Waals surface area contributed by atoms with Crippen molar-refractivity contribution in [3.05, 3.63) is 0 Å². The summed E-state index contributed by atoms with van der Waals surface area (Å²) in [6, 6.07) is 0. The molecule has 1 rings (SSSR count). The van der Waals surface area contributed by atoms with Gasteiger partial charge in [0.05, 0.1) is 6.61 Å². The first-order valence-electron chi connectivity index (χ1n) is 5.30. The van der Waals surface area contributed by atoms with E-state index in [-0.39, 0.29) is 0 Å². The van der Waals surface area contributed by atoms with E-state index in [1.54, 1.807) is 7.11 Å². The second kappa shape index (κ2) is 5.79. The van der Waals surface area contributed by atoms with Crippen LogP contribution in [-0.4, -0.2) is 46.1 Å². The van der Waals surface area contributed by atoms with Crippen molar-refractivity contribution in [3.8, 4) is 0 Å². The molecule has 0 bridgehead atoms. The van der Waals surface area contributed by atoms with E-state index in [9.17, 15) is 8.42 Å². The minimum atomic E-state index is -3.28. The number of nitrogens with one attached hydrogen (secondary N) is 1. The quantitative estimate of drug-likeness (QED) is 0.694. The van der Waals surface area contributed by atoms with E-state index in [0.29, 0.717) is 32.2 Å². The van der Waals surface area contributed by atoms with Crippen LogP contribution in [0.4, 0.5) is 0 Å². The van der Waals surface area contributed by atoms with Crippen LogP contribution in [0.5, 0.6) is 0 Å². The second-order valence-electron chi connectivity index (χ2n) is 3.97. The summed E-state index contributed by atoms with van der Waals surface area (Å²) >= 11 is 0. The van der Waals surface area contributed by atoms with E-state index in [2.05, 4.69) is 11.6 Å². The summed E-state index contributed by atoms with van der Waals surface area (Å²) < 4.78 is 32.3. The van der Waals surface area contributed by atoms with Crippen LogP contribution in [0.2, 0.25) is 0 Å². The lowest BCUT2D eigenvalue weighted by molar-refractivity contribution is 0.203. The monoisotopic (exact) mass is 236 g/mol. The number of methoxy groups -OCH3 is 1. The van der Waals surface area contributed by atoms with Crippen molar-refractivity contribution in [1.82, 2.24) is 9.03 Å². The smallest absolute Gasteiger partial charge is 0.279 e. The minimum Gasteiger partial charge on any atom is -0.383 e. The van der Waals surface area contributed by atoms with Crippen molar-refractivity contribution in [1.29, 1.82) is 0 Å². The molecule has 1 aliphatic rings. The molecule has 6 heteroatoms. The molecule has 1 heterocycles. The van der Waals surface area contributed by atoms with Crippen molar-refractivity contribution in [3.63, 3.8) is 0 Å². The summed E-state index contributed by atoms with van der Waals surface area (Å²) in [7, 11) is -1.72. The first kappa shape index (κ1) is 12.9. The van der Waals surface area contributed by atoms with Gasteiger partial charge < -0.3 is 4.74 Å². The van der Waals surface area contributed by atoms with Crippen LogP contribution in [0, 0.1) is 5.92 Å². The molecular weight excluding hydrogens is 216 g/mol. The highest BCUT2D eigenvalue weighted by atomic mass is 32.2. The SMILES string of the molecule is COCCNS(=O)(=O)N1CCC(C)CC1. The summed E-state index contributed by atoms with van der Waals surface area (Å²) in [6.07, 6.45) is 1.90. The van der Waals surface area contributed by atoms with Crippen LogP contribution in [0.15, 0.2) is 0 Å². The number of piperidine rings is 1. The molecule has 90 valence electrons. The van der Waals surface area contributed by atoms with Gasteiger partial charge in [0.15, 0.2) is 0 Å². The van der Waals surface area contributed by atoms with Gasteiger partial charge in [0.1, 0.15) is 0 Å². The fourth-order valence-electron chi connectivity index (χ4n) is 1.59. The molecule has 5 nitrogen and oxygen atoms in total. The van der Waals surface area contributed by atoms with Gasteiger partial charge in [-0.3, -0.25) is 0 Å². The maximum atomic E-state index is 11.7. The maximum absolute atomic E-state index is 11.7. The molecule has 1 N–H and O–H groups in total. The highest BCUT2D eigenvalue weighted by molar-refractivity contribution is 7.87. The van der Waals surface area contributed by atoms with E-state index in [1.165, 1.54) is 4.31 Å². The standard InChI is InChI=1S/C9H20N2O3S/c1-9-3-6-11(7-4-9)15(12,13)10-5-8-14-2/h9-10H,3-8H2,1-2H3. The molecule has 0 amide bonds. The molecule has 15 heavy (non-hydrogen) atoms. The van der Waals surface area contributed by atoms with Crippen molar-refractivity contribution < 1.29 is 13.2 Å². The van der Waals surface area contributed by atoms with Crippen molar-refractivity contribution in [2.24, 2.45) is 5.92 Å². The van der Waals surface area contributed by atoms with Gasteiger partial charge in [0.25, 0.3) is 10.2 Å². The van der Waals surface area contributed by atoms with Gasteiger partial charge in [0.2, 0.25) is 0 Å². The van der Waals surface area contributed by atoms with Crippen LogP contribution in [0.3, 0.4) is 0 Å². The zero-order valence-electron chi connectivity index (χ0n) is 9.40. The van der Waals surface area contributed by atoms with Crippen LogP contribution >= 0.6 is 0 Å². The van der Waals surface area contributed by atoms with E-state index in [0.717, 1.165) is 12.8 Å². The normalized spacial score (nSPS) is 20.7. The molecule has 1 saturated heterocycles. The molecule has 0 unspecified atom stereocenters. The van der Waals surface area contributed by atoms with Gasteiger partial charge in [-0.05, 0) is 18.8 Å². The minimum absolute atomic E-state index is 0.338. The maximum Gasteiger partial charge on any atom is 0.279 e. The summed E-state index contributed by atoms with van der Waals surface area (Å²) in [5.74, 6) is 0.635. The molecule has 0 atom stereocenters. The van der Waals surface area contributed by atoms with Gasteiger partial charge in [-0.2, -0.15) is 17.4 Å². The Morgan fingerprint density at radius 2 is 2.00 bits per heavy atom. The molecule has 1 fully saturated rings.